The fourth-order valence-electron chi connectivity index (χ4n) is 7.10. The van der Waals surface area contributed by atoms with Crippen LogP contribution in [0.4, 0.5) is 4.79 Å². The second-order valence-electron chi connectivity index (χ2n) is 14.2. The van der Waals surface area contributed by atoms with E-state index in [4.69, 9.17) is 29.4 Å². The molecule has 1 amide bonds. The Morgan fingerprint density at radius 3 is 2.03 bits per heavy atom. The third kappa shape index (κ3) is 8.37. The van der Waals surface area contributed by atoms with Crippen molar-refractivity contribution in [3.63, 3.8) is 0 Å². The van der Waals surface area contributed by atoms with Gasteiger partial charge in [-0.1, -0.05) is 44.2 Å². The minimum atomic E-state index is -0.542. The highest BCUT2D eigenvalue weighted by molar-refractivity contribution is 6.29. The maximum Gasteiger partial charge on any atom is 0.415 e. The van der Waals surface area contributed by atoms with Crippen LogP contribution in [0.2, 0.25) is 0 Å². The summed E-state index contributed by atoms with van der Waals surface area (Å²) in [5.41, 5.74) is 12.5. The number of hydrogen-bond donors (Lipinski definition) is 4. The van der Waals surface area contributed by atoms with Crippen molar-refractivity contribution >= 4 is 17.4 Å². The Balaban J connectivity index is 1.10. The third-order valence-electron chi connectivity index (χ3n) is 10.3. The number of benzene rings is 4. The standard InChI is InChI=1S/C44H49N5O9/c1-25(2)31-21-32(35(51)22-34(31)50)41-40(26(3)46-47-41)28-10-8-27(9-11-28)24-48-14-16-49(17-15-48)44(53)58-37-18-29(12-13-36(37)54-4)33(23-45)42(52)30-19-38(55-5)43(57-7)39(20-30)56-6/h8-13,18-23,25,50-51H,14-17,24,45H2,1-7H3,(H,46,47). The minimum Gasteiger partial charge on any atom is -0.508 e. The molecule has 0 saturated carbocycles. The number of aryl methyl sites for hydroxylation is 1. The lowest BCUT2D eigenvalue weighted by atomic mass is 9.94. The second-order valence-corrected chi connectivity index (χ2v) is 14.2. The molecule has 14 nitrogen and oxygen atoms in total. The number of phenolic OH excluding ortho intramolecular Hbond substituents is 2. The summed E-state index contributed by atoms with van der Waals surface area (Å²) in [6.45, 7) is 8.73. The van der Waals surface area contributed by atoms with Gasteiger partial charge in [-0.3, -0.25) is 14.8 Å². The lowest BCUT2D eigenvalue weighted by molar-refractivity contribution is 0.105. The van der Waals surface area contributed by atoms with E-state index >= 15 is 0 Å². The Morgan fingerprint density at radius 2 is 1.45 bits per heavy atom. The number of aromatic hydroxyl groups is 2. The van der Waals surface area contributed by atoms with E-state index in [-0.39, 0.29) is 34.3 Å². The Hall–Kier alpha value is -6.67. The van der Waals surface area contributed by atoms with Gasteiger partial charge in [0.25, 0.3) is 0 Å². The monoisotopic (exact) mass is 791 g/mol. The van der Waals surface area contributed by atoms with Gasteiger partial charge in [0.05, 0.1) is 28.4 Å². The lowest BCUT2D eigenvalue weighted by Crippen LogP contribution is -2.49. The first kappa shape index (κ1) is 41.0. The fraction of sp³-hybridized carbons (Fsp3) is 0.295. The molecule has 1 fully saturated rings. The van der Waals surface area contributed by atoms with Crippen molar-refractivity contribution in [2.75, 3.05) is 54.6 Å². The SMILES string of the molecule is COc1ccc(C(=CN)C(=O)c2cc(OC)c(OC)c(OC)c2)cc1OC(=O)N1CCN(Cc2ccc(-c3c(-c4cc(C(C)C)c(O)cc4O)n[nH]c3C)cc2)CC1. The van der Waals surface area contributed by atoms with Crippen molar-refractivity contribution in [1.29, 1.82) is 0 Å². The summed E-state index contributed by atoms with van der Waals surface area (Å²) < 4.78 is 27.6. The predicted molar refractivity (Wildman–Crippen MR) is 220 cm³/mol. The average molecular weight is 792 g/mol. The Morgan fingerprint density at radius 1 is 0.810 bits per heavy atom. The van der Waals surface area contributed by atoms with E-state index in [1.54, 1.807) is 41.3 Å². The van der Waals surface area contributed by atoms with Gasteiger partial charge in [-0.15, -0.1) is 0 Å². The zero-order valence-corrected chi connectivity index (χ0v) is 33.7. The van der Waals surface area contributed by atoms with Crippen molar-refractivity contribution in [2.24, 2.45) is 5.73 Å². The predicted octanol–water partition coefficient (Wildman–Crippen LogP) is 7.12. The smallest absolute Gasteiger partial charge is 0.415 e. The van der Waals surface area contributed by atoms with Crippen molar-refractivity contribution in [1.82, 2.24) is 20.0 Å². The van der Waals surface area contributed by atoms with Crippen LogP contribution >= 0.6 is 0 Å². The molecule has 4 aromatic carbocycles. The van der Waals surface area contributed by atoms with Crippen LogP contribution in [0.25, 0.3) is 28.0 Å². The van der Waals surface area contributed by atoms with Crippen LogP contribution < -0.4 is 29.4 Å². The molecule has 1 aliphatic rings. The minimum absolute atomic E-state index is 0.0413. The summed E-state index contributed by atoms with van der Waals surface area (Å²) in [6.07, 6.45) is 0.660. The Bertz CT molecular complexity index is 2300. The number of allylic oxidation sites excluding steroid dienone is 1. The number of piperazine rings is 1. The topological polar surface area (TPSA) is 182 Å². The molecule has 6 rings (SSSR count). The molecule has 1 saturated heterocycles. The van der Waals surface area contributed by atoms with Gasteiger partial charge in [0.15, 0.2) is 28.8 Å². The van der Waals surface area contributed by atoms with Crippen molar-refractivity contribution in [3.8, 4) is 62.6 Å². The number of carbonyl (C=O) groups is 2. The van der Waals surface area contributed by atoms with Crippen LogP contribution in [-0.2, 0) is 6.54 Å². The maximum atomic E-state index is 13.7. The quantitative estimate of drug-likeness (QED) is 0.0701. The fourth-order valence-corrected chi connectivity index (χ4v) is 7.10. The molecule has 14 heteroatoms. The molecular weight excluding hydrogens is 743 g/mol. The highest BCUT2D eigenvalue weighted by Crippen LogP contribution is 2.42. The van der Waals surface area contributed by atoms with Crippen molar-refractivity contribution < 1.29 is 43.5 Å². The van der Waals surface area contributed by atoms with Gasteiger partial charge in [0.1, 0.15) is 17.2 Å². The first-order chi connectivity index (χ1) is 27.9. The van der Waals surface area contributed by atoms with Gasteiger partial charge in [-0.05, 0) is 65.4 Å². The van der Waals surface area contributed by atoms with Crippen LogP contribution in [-0.4, -0.2) is 96.7 Å². The molecule has 1 aliphatic heterocycles. The van der Waals surface area contributed by atoms with Gasteiger partial charge < -0.3 is 44.5 Å². The number of methoxy groups -OCH3 is 4. The molecule has 0 atom stereocenters. The highest BCUT2D eigenvalue weighted by atomic mass is 16.6. The molecule has 0 bridgehead atoms. The van der Waals surface area contributed by atoms with Gasteiger partial charge in [0.2, 0.25) is 5.75 Å². The Kier molecular flexibility index (Phi) is 12.5. The average Bonchev–Trinajstić information content (AvgIpc) is 3.61. The summed E-state index contributed by atoms with van der Waals surface area (Å²) in [7, 11) is 5.87. The third-order valence-corrected chi connectivity index (χ3v) is 10.3. The molecule has 5 N–H and O–H groups in total. The summed E-state index contributed by atoms with van der Waals surface area (Å²) in [4.78, 5) is 31.1. The number of amides is 1. The molecular formula is C44H49N5O9. The lowest BCUT2D eigenvalue weighted by Gasteiger charge is -2.34. The molecule has 304 valence electrons. The molecule has 2 heterocycles. The normalized spacial score (nSPS) is 13.4. The van der Waals surface area contributed by atoms with E-state index in [0.29, 0.717) is 72.5 Å². The van der Waals surface area contributed by atoms with Crippen LogP contribution in [0.5, 0.6) is 40.2 Å². The van der Waals surface area contributed by atoms with Crippen LogP contribution in [0.3, 0.4) is 0 Å². The van der Waals surface area contributed by atoms with Gasteiger partial charge in [0, 0.05) is 72.9 Å². The van der Waals surface area contributed by atoms with Gasteiger partial charge in [-0.2, -0.15) is 5.10 Å². The maximum absolute atomic E-state index is 13.7. The van der Waals surface area contributed by atoms with Crippen LogP contribution in [0, 0.1) is 6.92 Å². The largest absolute Gasteiger partial charge is 0.508 e. The van der Waals surface area contributed by atoms with Crippen LogP contribution in [0.15, 0.2) is 72.9 Å². The van der Waals surface area contributed by atoms with E-state index in [2.05, 4.69) is 27.2 Å². The summed E-state index contributed by atoms with van der Waals surface area (Å²) >= 11 is 0. The zero-order valence-electron chi connectivity index (χ0n) is 33.7. The number of aromatic nitrogens is 2. The van der Waals surface area contributed by atoms with Crippen molar-refractivity contribution in [3.05, 3.63) is 101 Å². The number of nitrogens with one attached hydrogen (secondary N) is 1. The zero-order chi connectivity index (χ0) is 41.7. The van der Waals surface area contributed by atoms with Gasteiger partial charge in [-0.25, -0.2) is 4.79 Å². The molecule has 5 aromatic rings. The van der Waals surface area contributed by atoms with E-state index in [1.807, 2.05) is 32.9 Å². The molecule has 0 unspecified atom stereocenters. The number of nitrogens with two attached hydrogens (primary N) is 1. The molecule has 58 heavy (non-hydrogen) atoms. The van der Waals surface area contributed by atoms with E-state index in [9.17, 15) is 19.8 Å². The number of H-pyrrole nitrogens is 1. The number of aromatic amines is 1. The summed E-state index contributed by atoms with van der Waals surface area (Å²) in [5.74, 6) is 1.09. The first-order valence-electron chi connectivity index (χ1n) is 18.8. The highest BCUT2D eigenvalue weighted by Gasteiger charge is 2.26. The molecule has 1 aromatic heterocycles. The Labute approximate surface area is 337 Å². The van der Waals surface area contributed by atoms with E-state index in [0.717, 1.165) is 27.9 Å². The second kappa shape index (κ2) is 17.6. The van der Waals surface area contributed by atoms with E-state index in [1.165, 1.54) is 40.7 Å². The van der Waals surface area contributed by atoms with Crippen LogP contribution in [0.1, 0.15) is 52.5 Å². The summed E-state index contributed by atoms with van der Waals surface area (Å²) in [6, 6.07) is 19.3. The number of ketones is 1. The number of ether oxygens (including phenoxy) is 5. The number of phenols is 2. The number of nitrogens with zero attached hydrogens (tertiary/aromatic N) is 3. The number of Topliss-reactive ketones (excluding diaryl/α,β-unsaturated/α-hetero) is 1. The van der Waals surface area contributed by atoms with Gasteiger partial charge >= 0.3 is 6.09 Å². The van der Waals surface area contributed by atoms with Crippen molar-refractivity contribution in [2.45, 2.75) is 33.2 Å². The molecule has 0 aliphatic carbocycles. The molecule has 0 spiro atoms. The first-order valence-corrected chi connectivity index (χ1v) is 18.8. The number of hydrogen-bond acceptors (Lipinski definition) is 12. The summed E-state index contributed by atoms with van der Waals surface area (Å²) in [5, 5.41) is 28.7. The molecule has 0 radical (unpaired) electrons. The number of rotatable bonds is 13. The van der Waals surface area contributed by atoms with E-state index < -0.39 is 11.9 Å². The number of carbonyl (C=O) groups excluding carboxylic acids is 2.